The number of pyridine rings is 1. The third-order valence-corrected chi connectivity index (χ3v) is 6.98. The molecule has 1 saturated carbocycles. The van der Waals surface area contributed by atoms with Gasteiger partial charge in [0.2, 0.25) is 5.69 Å². The molecule has 2 aromatic rings. The maximum absolute atomic E-state index is 14.9. The van der Waals surface area contributed by atoms with Crippen molar-refractivity contribution in [3.8, 4) is 0 Å². The summed E-state index contributed by atoms with van der Waals surface area (Å²) in [5, 5.41) is 0.178. The van der Waals surface area contributed by atoms with E-state index >= 15 is 0 Å². The number of hydrogen-bond acceptors (Lipinski definition) is 6. The summed E-state index contributed by atoms with van der Waals surface area (Å²) in [6.07, 6.45) is 2.97. The average molecular weight is 440 g/mol. The summed E-state index contributed by atoms with van der Waals surface area (Å²) in [5.41, 5.74) is 5.90. The number of nitrogens with two attached hydrogens (primary N) is 1. The Morgan fingerprint density at radius 2 is 2.19 bits per heavy atom. The second-order valence-corrected chi connectivity index (χ2v) is 8.93. The first-order valence-corrected chi connectivity index (χ1v) is 10.2. The summed E-state index contributed by atoms with van der Waals surface area (Å²) in [6.45, 7) is 8.66. The number of carbonyl (C=O) groups excluding carboxylic acids is 1. The van der Waals surface area contributed by atoms with Crippen molar-refractivity contribution in [1.29, 1.82) is 0 Å². The number of rotatable bonds is 4. The third-order valence-electron chi connectivity index (χ3n) is 5.70. The molecule has 2 heterocycles. The standard InChI is InChI=1S/C22H18F2N4O2S/c1-21(18-10-22(18,19(29)30-3)31-20(25)28-21)14-8-12(4-6-15(14)23)9-16(24)17-7-5-13(26-2)11-27-17/h4-9,11,18H,10H2,1,3H3,(H2,25,28)/b16-9-/t18-,21+,22-/m0/s1. The van der Waals surface area contributed by atoms with E-state index in [1.165, 1.54) is 49.7 Å². The van der Waals surface area contributed by atoms with Crippen LogP contribution in [-0.4, -0.2) is 28.0 Å². The van der Waals surface area contributed by atoms with Crippen molar-refractivity contribution in [3.63, 3.8) is 0 Å². The first-order chi connectivity index (χ1) is 14.7. The number of ether oxygens (including phenoxy) is 1. The number of halogens is 2. The van der Waals surface area contributed by atoms with E-state index < -0.39 is 27.9 Å². The van der Waals surface area contributed by atoms with E-state index in [0.29, 0.717) is 17.7 Å². The van der Waals surface area contributed by atoms with Gasteiger partial charge in [0.1, 0.15) is 16.4 Å². The van der Waals surface area contributed by atoms with Crippen molar-refractivity contribution in [2.75, 3.05) is 7.11 Å². The van der Waals surface area contributed by atoms with Crippen LogP contribution in [0.1, 0.15) is 30.2 Å². The van der Waals surface area contributed by atoms with Crippen molar-refractivity contribution in [3.05, 3.63) is 70.6 Å². The molecule has 0 radical (unpaired) electrons. The number of aliphatic imine (C=N–C) groups is 1. The highest BCUT2D eigenvalue weighted by Crippen LogP contribution is 2.66. The summed E-state index contributed by atoms with van der Waals surface area (Å²) in [7, 11) is 1.31. The molecule has 0 saturated heterocycles. The Morgan fingerprint density at radius 1 is 1.42 bits per heavy atom. The van der Waals surface area contributed by atoms with Crippen LogP contribution in [0.15, 0.2) is 41.5 Å². The maximum atomic E-state index is 14.9. The lowest BCUT2D eigenvalue weighted by molar-refractivity contribution is -0.141. The average Bonchev–Trinajstić information content (AvgIpc) is 3.51. The van der Waals surface area contributed by atoms with Gasteiger partial charge in [-0.3, -0.25) is 14.8 Å². The minimum atomic E-state index is -1.09. The highest BCUT2D eigenvalue weighted by Gasteiger charge is 2.71. The van der Waals surface area contributed by atoms with Gasteiger partial charge in [-0.2, -0.15) is 0 Å². The van der Waals surface area contributed by atoms with Crippen molar-refractivity contribution < 1.29 is 18.3 Å². The van der Waals surface area contributed by atoms with Gasteiger partial charge >= 0.3 is 5.97 Å². The van der Waals surface area contributed by atoms with Crippen LogP contribution in [0.2, 0.25) is 0 Å². The fraction of sp³-hybridized carbons (Fsp3) is 0.273. The number of fused-ring (bicyclic) bond motifs is 1. The minimum Gasteiger partial charge on any atom is -0.468 e. The van der Waals surface area contributed by atoms with E-state index in [0.717, 1.165) is 11.8 Å². The van der Waals surface area contributed by atoms with Crippen molar-refractivity contribution in [1.82, 2.24) is 4.98 Å². The van der Waals surface area contributed by atoms with Crippen molar-refractivity contribution in [2.24, 2.45) is 16.6 Å². The summed E-state index contributed by atoms with van der Waals surface area (Å²) < 4.78 is 33.6. The fourth-order valence-electron chi connectivity index (χ4n) is 4.05. The van der Waals surface area contributed by atoms with Gasteiger partial charge in [-0.1, -0.05) is 23.9 Å². The van der Waals surface area contributed by atoms with E-state index in [1.807, 2.05) is 0 Å². The van der Waals surface area contributed by atoms with Crippen LogP contribution >= 0.6 is 11.8 Å². The van der Waals surface area contributed by atoms with Gasteiger partial charge in [0.05, 0.1) is 24.9 Å². The number of benzene rings is 1. The monoisotopic (exact) mass is 440 g/mol. The molecule has 3 atom stereocenters. The molecule has 0 amide bonds. The van der Waals surface area contributed by atoms with Crippen LogP contribution in [0.4, 0.5) is 14.5 Å². The summed E-state index contributed by atoms with van der Waals surface area (Å²) >= 11 is 1.14. The molecule has 0 unspecified atom stereocenters. The number of amidine groups is 1. The number of esters is 1. The second kappa shape index (κ2) is 7.46. The molecule has 1 aromatic carbocycles. The molecule has 6 nitrogen and oxygen atoms in total. The number of nitrogens with zero attached hydrogens (tertiary/aromatic N) is 3. The normalized spacial score (nSPS) is 27.0. The van der Waals surface area contributed by atoms with Crippen LogP contribution in [0, 0.1) is 18.3 Å². The largest absolute Gasteiger partial charge is 0.468 e. The first-order valence-electron chi connectivity index (χ1n) is 9.37. The highest BCUT2D eigenvalue weighted by atomic mass is 32.2. The van der Waals surface area contributed by atoms with E-state index in [1.54, 1.807) is 6.92 Å². The number of hydrogen-bond donors (Lipinski definition) is 1. The first kappa shape index (κ1) is 21.0. The van der Waals surface area contributed by atoms with Gasteiger partial charge in [-0.05, 0) is 43.2 Å². The van der Waals surface area contributed by atoms with E-state index in [4.69, 9.17) is 17.0 Å². The Bertz CT molecular complexity index is 1180. The molecule has 31 heavy (non-hydrogen) atoms. The molecule has 158 valence electrons. The van der Waals surface area contributed by atoms with Gasteiger partial charge in [-0.25, -0.2) is 13.6 Å². The Hall–Kier alpha value is -3.25. The van der Waals surface area contributed by atoms with Gasteiger partial charge in [0, 0.05) is 17.7 Å². The predicted octanol–water partition coefficient (Wildman–Crippen LogP) is 4.45. The molecule has 9 heteroatoms. The second-order valence-electron chi connectivity index (χ2n) is 7.58. The van der Waals surface area contributed by atoms with Crippen LogP contribution in [-0.2, 0) is 15.1 Å². The smallest absolute Gasteiger partial charge is 0.322 e. The van der Waals surface area contributed by atoms with Crippen LogP contribution < -0.4 is 5.73 Å². The Kier molecular flexibility index (Phi) is 5.06. The molecule has 4 rings (SSSR count). The van der Waals surface area contributed by atoms with E-state index in [9.17, 15) is 13.6 Å². The Balaban J connectivity index is 1.72. The van der Waals surface area contributed by atoms with Crippen molar-refractivity contribution in [2.45, 2.75) is 23.6 Å². The molecule has 2 aliphatic rings. The highest BCUT2D eigenvalue weighted by molar-refractivity contribution is 8.15. The quantitative estimate of drug-likeness (QED) is 0.561. The zero-order chi connectivity index (χ0) is 22.4. The zero-order valence-electron chi connectivity index (χ0n) is 16.7. The van der Waals surface area contributed by atoms with Gasteiger partial charge < -0.3 is 10.5 Å². The number of methoxy groups -OCH3 is 1. The van der Waals surface area contributed by atoms with Gasteiger partial charge in [0.15, 0.2) is 5.17 Å². The van der Waals surface area contributed by atoms with Gasteiger partial charge in [-0.15, -0.1) is 0 Å². The SMILES string of the molecule is [C-]#[N+]c1ccc(/C(F)=C/c2ccc(F)c([C@@]3(C)N=C(N)S[C@@]4(C(=O)OC)C[C@H]43)c2)nc1. The lowest BCUT2D eigenvalue weighted by Gasteiger charge is -2.33. The lowest BCUT2D eigenvalue weighted by atomic mass is 9.84. The zero-order valence-corrected chi connectivity index (χ0v) is 17.5. The van der Waals surface area contributed by atoms with Crippen LogP contribution in [0.3, 0.4) is 0 Å². The van der Waals surface area contributed by atoms with E-state index in [2.05, 4.69) is 14.8 Å². The Labute approximate surface area is 182 Å². The molecule has 1 aliphatic carbocycles. The summed E-state index contributed by atoms with van der Waals surface area (Å²) in [4.78, 5) is 24.0. The molecular weight excluding hydrogens is 422 g/mol. The molecule has 1 aliphatic heterocycles. The van der Waals surface area contributed by atoms with Crippen LogP contribution in [0.5, 0.6) is 0 Å². The molecular formula is C22H18F2N4O2S. The number of aromatic nitrogens is 1. The van der Waals surface area contributed by atoms with Crippen LogP contribution in [0.25, 0.3) is 16.7 Å². The predicted molar refractivity (Wildman–Crippen MR) is 115 cm³/mol. The Morgan fingerprint density at radius 3 is 2.84 bits per heavy atom. The van der Waals surface area contributed by atoms with Gasteiger partial charge in [0.25, 0.3) is 0 Å². The number of thioether (sulfide) groups is 1. The summed E-state index contributed by atoms with van der Waals surface area (Å²) in [6, 6.07) is 7.07. The van der Waals surface area contributed by atoms with E-state index in [-0.39, 0.29) is 22.3 Å². The minimum absolute atomic E-state index is 0.0627. The van der Waals surface area contributed by atoms with Crippen molar-refractivity contribution >= 4 is 40.5 Å². The third kappa shape index (κ3) is 3.47. The molecule has 1 fully saturated rings. The maximum Gasteiger partial charge on any atom is 0.322 e. The molecule has 0 spiro atoms. The molecule has 2 N–H and O–H groups in total. The molecule has 1 aromatic heterocycles. The number of carbonyl (C=O) groups is 1. The topological polar surface area (TPSA) is 81.9 Å². The fourth-order valence-corrected chi connectivity index (χ4v) is 5.45. The molecule has 0 bridgehead atoms. The summed E-state index contributed by atoms with van der Waals surface area (Å²) in [5.74, 6) is -1.86. The lowest BCUT2D eigenvalue weighted by Crippen LogP contribution is -2.39.